The minimum atomic E-state index is -0.989. The molecule has 8 heteroatoms. The lowest BCUT2D eigenvalue weighted by Gasteiger charge is -2.11. The molecule has 0 saturated carbocycles. The summed E-state index contributed by atoms with van der Waals surface area (Å²) in [7, 11) is 1.52. The highest BCUT2D eigenvalue weighted by Gasteiger charge is 2.12. The summed E-state index contributed by atoms with van der Waals surface area (Å²) in [6.45, 7) is 4.36. The van der Waals surface area contributed by atoms with Gasteiger partial charge in [0.2, 0.25) is 0 Å². The zero-order chi connectivity index (χ0) is 19.8. The summed E-state index contributed by atoms with van der Waals surface area (Å²) < 4.78 is 10.9. The number of carbonyl (C=O) groups excluding carboxylic acids is 1. The summed E-state index contributed by atoms with van der Waals surface area (Å²) in [5, 5.41) is 13.0. The molecule has 0 bridgehead atoms. The molecule has 2 rings (SSSR count). The van der Waals surface area contributed by atoms with Crippen molar-refractivity contribution in [2.75, 3.05) is 13.7 Å². The maximum atomic E-state index is 12.3. The lowest BCUT2D eigenvalue weighted by atomic mass is 10.2. The van der Waals surface area contributed by atoms with Crippen LogP contribution in [0.25, 0.3) is 0 Å². The molecule has 27 heavy (non-hydrogen) atoms. The fourth-order valence-corrected chi connectivity index (χ4v) is 2.95. The number of carboxylic acids is 1. The standard InChI is InChI=1S/C19H22N2O5S/c1-4-5-10-26-14-7-6-13(11-15(14)25-3)18(22)21-20-12(2)16-8-9-17(27-16)19(23)24/h6-9,11H,4-5,10H2,1-3H3,(H,21,22)(H,23,24)/b20-12-. The van der Waals surface area contributed by atoms with Gasteiger partial charge < -0.3 is 14.6 Å². The van der Waals surface area contributed by atoms with Gasteiger partial charge in [-0.25, -0.2) is 10.2 Å². The first kappa shape index (κ1) is 20.4. The average Bonchev–Trinajstić information content (AvgIpc) is 3.17. The highest BCUT2D eigenvalue weighted by atomic mass is 32.1. The van der Waals surface area contributed by atoms with Gasteiger partial charge in [0, 0.05) is 5.56 Å². The number of thiophene rings is 1. The van der Waals surface area contributed by atoms with E-state index in [9.17, 15) is 9.59 Å². The number of benzene rings is 1. The van der Waals surface area contributed by atoms with Crippen LogP contribution in [0.2, 0.25) is 0 Å². The molecule has 1 amide bonds. The van der Waals surface area contributed by atoms with Crippen molar-refractivity contribution in [1.82, 2.24) is 5.43 Å². The quantitative estimate of drug-likeness (QED) is 0.386. The third-order valence-corrected chi connectivity index (χ3v) is 4.86. The summed E-state index contributed by atoms with van der Waals surface area (Å²) in [6.07, 6.45) is 1.96. The van der Waals surface area contributed by atoms with Crippen molar-refractivity contribution in [2.24, 2.45) is 5.10 Å². The zero-order valence-electron chi connectivity index (χ0n) is 15.4. The number of ether oxygens (including phenoxy) is 2. The van der Waals surface area contributed by atoms with Crippen molar-refractivity contribution in [1.29, 1.82) is 0 Å². The van der Waals surface area contributed by atoms with Gasteiger partial charge in [-0.2, -0.15) is 5.10 Å². The van der Waals surface area contributed by atoms with Crippen LogP contribution in [-0.2, 0) is 0 Å². The van der Waals surface area contributed by atoms with Gasteiger partial charge in [-0.05, 0) is 43.7 Å². The third kappa shape index (κ3) is 5.55. The van der Waals surface area contributed by atoms with Crippen molar-refractivity contribution >= 4 is 28.9 Å². The Morgan fingerprint density at radius 2 is 1.93 bits per heavy atom. The van der Waals surface area contributed by atoms with E-state index in [-0.39, 0.29) is 4.88 Å². The van der Waals surface area contributed by atoms with E-state index in [2.05, 4.69) is 17.5 Å². The summed E-state index contributed by atoms with van der Waals surface area (Å²) in [5.41, 5.74) is 3.37. The predicted octanol–water partition coefficient (Wildman–Crippen LogP) is 3.79. The van der Waals surface area contributed by atoms with Crippen molar-refractivity contribution in [3.05, 3.63) is 45.6 Å². The van der Waals surface area contributed by atoms with Gasteiger partial charge in [0.25, 0.3) is 5.91 Å². The van der Waals surface area contributed by atoms with Gasteiger partial charge >= 0.3 is 5.97 Å². The Morgan fingerprint density at radius 1 is 1.19 bits per heavy atom. The number of rotatable bonds is 9. The fourth-order valence-electron chi connectivity index (χ4n) is 2.16. The first-order chi connectivity index (χ1) is 13.0. The number of hydrogen-bond donors (Lipinski definition) is 2. The molecule has 0 aliphatic rings. The molecular weight excluding hydrogens is 368 g/mol. The molecule has 0 spiro atoms. The molecule has 0 atom stereocenters. The zero-order valence-corrected chi connectivity index (χ0v) is 16.3. The second-order valence-electron chi connectivity index (χ2n) is 5.67. The number of amides is 1. The molecule has 0 unspecified atom stereocenters. The van der Waals surface area contributed by atoms with E-state index < -0.39 is 11.9 Å². The van der Waals surface area contributed by atoms with Crippen LogP contribution in [0.5, 0.6) is 11.5 Å². The van der Waals surface area contributed by atoms with Gasteiger partial charge in [-0.1, -0.05) is 13.3 Å². The Bertz CT molecular complexity index is 844. The number of carboxylic acid groups (broad SMARTS) is 1. The number of methoxy groups -OCH3 is 1. The summed E-state index contributed by atoms with van der Waals surface area (Å²) in [5.74, 6) is -0.329. The third-order valence-electron chi connectivity index (χ3n) is 3.68. The van der Waals surface area contributed by atoms with Crippen LogP contribution in [-0.4, -0.2) is 36.4 Å². The molecule has 1 aromatic carbocycles. The smallest absolute Gasteiger partial charge is 0.345 e. The Balaban J connectivity index is 2.06. The van der Waals surface area contributed by atoms with Crippen LogP contribution >= 0.6 is 11.3 Å². The minimum Gasteiger partial charge on any atom is -0.493 e. The van der Waals surface area contributed by atoms with Crippen molar-refractivity contribution < 1.29 is 24.2 Å². The molecule has 1 aromatic heterocycles. The molecule has 0 aliphatic carbocycles. The van der Waals surface area contributed by atoms with E-state index in [1.807, 2.05) is 0 Å². The van der Waals surface area contributed by atoms with E-state index in [0.717, 1.165) is 24.2 Å². The maximum absolute atomic E-state index is 12.3. The molecular formula is C19H22N2O5S. The molecule has 0 radical (unpaired) electrons. The lowest BCUT2D eigenvalue weighted by Crippen LogP contribution is -2.19. The van der Waals surface area contributed by atoms with Gasteiger partial charge in [0.15, 0.2) is 11.5 Å². The number of hydrogen-bond acceptors (Lipinski definition) is 6. The molecule has 144 valence electrons. The molecule has 0 saturated heterocycles. The fraction of sp³-hybridized carbons (Fsp3) is 0.316. The molecule has 0 aliphatic heterocycles. The second-order valence-corrected chi connectivity index (χ2v) is 6.76. The first-order valence-electron chi connectivity index (χ1n) is 8.45. The van der Waals surface area contributed by atoms with E-state index >= 15 is 0 Å². The monoisotopic (exact) mass is 390 g/mol. The van der Waals surface area contributed by atoms with Crippen LogP contribution in [0.4, 0.5) is 0 Å². The lowest BCUT2D eigenvalue weighted by molar-refractivity contribution is 0.0702. The summed E-state index contributed by atoms with van der Waals surface area (Å²) >= 11 is 1.10. The van der Waals surface area contributed by atoms with Gasteiger partial charge in [-0.3, -0.25) is 4.79 Å². The van der Waals surface area contributed by atoms with Crippen LogP contribution in [0.1, 0.15) is 51.6 Å². The van der Waals surface area contributed by atoms with Crippen molar-refractivity contribution in [2.45, 2.75) is 26.7 Å². The highest BCUT2D eigenvalue weighted by Crippen LogP contribution is 2.28. The normalized spacial score (nSPS) is 11.1. The SMILES string of the molecule is CCCCOc1ccc(C(=O)N/N=C(/C)c2ccc(C(=O)O)s2)cc1OC. The largest absolute Gasteiger partial charge is 0.493 e. The van der Waals surface area contributed by atoms with Gasteiger partial charge in [-0.15, -0.1) is 11.3 Å². The van der Waals surface area contributed by atoms with Crippen molar-refractivity contribution in [3.63, 3.8) is 0 Å². The summed E-state index contributed by atoms with van der Waals surface area (Å²) in [6, 6.07) is 8.08. The number of aromatic carboxylic acids is 1. The Hall–Kier alpha value is -2.87. The highest BCUT2D eigenvalue weighted by molar-refractivity contribution is 7.15. The predicted molar refractivity (Wildman–Crippen MR) is 104 cm³/mol. The van der Waals surface area contributed by atoms with Crippen molar-refractivity contribution in [3.8, 4) is 11.5 Å². The molecule has 7 nitrogen and oxygen atoms in total. The minimum absolute atomic E-state index is 0.217. The van der Waals surface area contributed by atoms with E-state index in [1.165, 1.54) is 13.2 Å². The maximum Gasteiger partial charge on any atom is 0.345 e. The van der Waals surface area contributed by atoms with E-state index in [4.69, 9.17) is 14.6 Å². The second kappa shape index (κ2) is 9.72. The van der Waals surface area contributed by atoms with Crippen LogP contribution in [0, 0.1) is 0 Å². The van der Waals surface area contributed by atoms with Gasteiger partial charge in [0.1, 0.15) is 4.88 Å². The number of unbranched alkanes of at least 4 members (excludes halogenated alkanes) is 1. The van der Waals surface area contributed by atoms with E-state index in [0.29, 0.717) is 34.3 Å². The molecule has 2 N–H and O–H groups in total. The molecule has 1 heterocycles. The number of hydrazone groups is 1. The van der Waals surface area contributed by atoms with Crippen LogP contribution < -0.4 is 14.9 Å². The molecule has 2 aromatic rings. The van der Waals surface area contributed by atoms with Crippen LogP contribution in [0.3, 0.4) is 0 Å². The Morgan fingerprint density at radius 3 is 2.56 bits per heavy atom. The number of carbonyl (C=O) groups is 2. The van der Waals surface area contributed by atoms with Gasteiger partial charge in [0.05, 0.1) is 24.3 Å². The topological polar surface area (TPSA) is 97.2 Å². The number of nitrogens with zero attached hydrogens (tertiary/aromatic N) is 1. The Kier molecular flexibility index (Phi) is 7.36. The Labute approximate surface area is 161 Å². The first-order valence-corrected chi connectivity index (χ1v) is 9.26. The summed E-state index contributed by atoms with van der Waals surface area (Å²) in [4.78, 5) is 24.2. The average molecular weight is 390 g/mol. The number of nitrogens with one attached hydrogen (secondary N) is 1. The van der Waals surface area contributed by atoms with Crippen LogP contribution in [0.15, 0.2) is 35.4 Å². The van der Waals surface area contributed by atoms with E-state index in [1.54, 1.807) is 31.2 Å². The molecule has 0 fully saturated rings.